The van der Waals surface area contributed by atoms with Gasteiger partial charge in [0.1, 0.15) is 0 Å². The van der Waals surface area contributed by atoms with E-state index >= 15 is 0 Å². The van der Waals surface area contributed by atoms with E-state index in [-0.39, 0.29) is 10.8 Å². The van der Waals surface area contributed by atoms with E-state index in [1.54, 1.807) is 0 Å². The summed E-state index contributed by atoms with van der Waals surface area (Å²) in [6.45, 7) is 13.5. The lowest BCUT2D eigenvalue weighted by atomic mass is 9.87. The molecule has 0 amide bonds. The molecule has 2 aromatic carbocycles. The van der Waals surface area contributed by atoms with Crippen molar-refractivity contribution < 1.29 is 0 Å². The van der Waals surface area contributed by atoms with Crippen molar-refractivity contribution in [1.82, 2.24) is 0 Å². The van der Waals surface area contributed by atoms with E-state index in [4.69, 9.17) is 0 Å². The number of rotatable bonds is 2. The third-order valence-corrected chi connectivity index (χ3v) is 6.01. The smallest absolute Gasteiger partial charge is 0.0452 e. The Morgan fingerprint density at radius 1 is 0.500 bits per heavy atom. The fraction of sp³-hybridized carbons (Fsp3) is 0.267. The minimum absolute atomic E-state index is 0.141. The molecule has 4 rings (SSSR count). The number of allylic oxidation sites excluding steroid dienone is 6. The van der Waals surface area contributed by atoms with E-state index in [1.807, 2.05) is 0 Å². The van der Waals surface area contributed by atoms with Gasteiger partial charge in [-0.15, -0.1) is 0 Å². The average molecular weight is 423 g/mol. The van der Waals surface area contributed by atoms with Crippen LogP contribution in [0, 0.1) is 0 Å². The van der Waals surface area contributed by atoms with Crippen LogP contribution in [0.15, 0.2) is 109 Å². The lowest BCUT2D eigenvalue weighted by Crippen LogP contribution is -2.15. The predicted octanol–water partition coefficient (Wildman–Crippen LogP) is 7.97. The zero-order valence-corrected chi connectivity index (χ0v) is 20.1. The fourth-order valence-corrected chi connectivity index (χ4v) is 3.85. The molecule has 2 aliphatic heterocycles. The minimum atomic E-state index is 0.141. The highest BCUT2D eigenvalue weighted by Crippen LogP contribution is 2.30. The predicted molar refractivity (Wildman–Crippen MR) is 139 cm³/mol. The summed E-state index contributed by atoms with van der Waals surface area (Å²) in [5, 5.41) is 0. The van der Waals surface area contributed by atoms with Gasteiger partial charge in [-0.2, -0.15) is 0 Å². The summed E-state index contributed by atoms with van der Waals surface area (Å²) in [4.78, 5) is 4.36. The summed E-state index contributed by atoms with van der Waals surface area (Å²) in [5.74, 6) is 0. The highest BCUT2D eigenvalue weighted by molar-refractivity contribution is 5.63. The third kappa shape index (κ3) is 4.80. The van der Waals surface area contributed by atoms with Crippen molar-refractivity contribution in [2.24, 2.45) is 0 Å². The highest BCUT2D eigenvalue weighted by Gasteiger charge is 2.16. The molecule has 2 aromatic rings. The van der Waals surface area contributed by atoms with Gasteiger partial charge in [0, 0.05) is 36.2 Å². The van der Waals surface area contributed by atoms with Gasteiger partial charge in [-0.05, 0) is 81.7 Å². The number of anilines is 2. The minimum Gasteiger partial charge on any atom is -0.324 e. The van der Waals surface area contributed by atoms with E-state index in [1.165, 1.54) is 33.6 Å². The van der Waals surface area contributed by atoms with Gasteiger partial charge in [-0.25, -0.2) is 0 Å². The van der Waals surface area contributed by atoms with Crippen molar-refractivity contribution in [1.29, 1.82) is 0 Å². The Morgan fingerprint density at radius 2 is 0.844 bits per heavy atom. The maximum absolute atomic E-state index is 2.27. The van der Waals surface area contributed by atoms with Crippen LogP contribution in [0.25, 0.3) is 0 Å². The Bertz CT molecular complexity index is 1020. The van der Waals surface area contributed by atoms with Crippen molar-refractivity contribution >= 4 is 11.4 Å². The molecule has 0 fully saturated rings. The van der Waals surface area contributed by atoms with Crippen LogP contribution in [-0.2, 0) is 10.8 Å². The molecule has 2 nitrogen and oxygen atoms in total. The quantitative estimate of drug-likeness (QED) is 0.484. The summed E-state index contributed by atoms with van der Waals surface area (Å²) in [6.07, 6.45) is 17.3. The van der Waals surface area contributed by atoms with Crippen molar-refractivity contribution in [3.63, 3.8) is 0 Å². The first kappa shape index (κ1) is 22.0. The van der Waals surface area contributed by atoms with Crippen molar-refractivity contribution in [2.45, 2.75) is 52.4 Å². The van der Waals surface area contributed by atoms with Gasteiger partial charge in [0.25, 0.3) is 0 Å². The molecule has 164 valence electrons. The van der Waals surface area contributed by atoms with Gasteiger partial charge in [0.2, 0.25) is 0 Å². The molecule has 2 heteroatoms. The Labute approximate surface area is 193 Å². The Hall–Kier alpha value is -3.26. The van der Waals surface area contributed by atoms with E-state index < -0.39 is 0 Å². The fourth-order valence-electron chi connectivity index (χ4n) is 3.85. The van der Waals surface area contributed by atoms with Crippen LogP contribution >= 0.6 is 0 Å². The summed E-state index contributed by atoms with van der Waals surface area (Å²) < 4.78 is 0. The molecule has 0 atom stereocenters. The molecule has 0 spiro atoms. The Morgan fingerprint density at radius 3 is 1.16 bits per heavy atom. The SMILES string of the molecule is CC(C)(C)c1cccc(N2C=CC(=C3C=CN(c4cccc(C(C)(C)C)c4)C=C3)C=C2)c1. The summed E-state index contributed by atoms with van der Waals surface area (Å²) in [5.41, 5.74) is 7.77. The standard InChI is InChI=1S/C30H34N2/c1-29(2,3)25-9-7-11-27(21-25)31-17-13-23(14-18-31)24-15-19-32(20-16-24)28-12-8-10-26(22-28)30(4,5)6/h7-22H,1-6H3. The molecule has 0 saturated carbocycles. The Kier molecular flexibility index (Phi) is 5.73. The monoisotopic (exact) mass is 422 g/mol. The van der Waals surface area contributed by atoms with Crippen LogP contribution < -0.4 is 9.80 Å². The van der Waals surface area contributed by atoms with Crippen LogP contribution in [0.3, 0.4) is 0 Å². The molecule has 0 unspecified atom stereocenters. The first-order valence-corrected chi connectivity index (χ1v) is 11.4. The summed E-state index contributed by atoms with van der Waals surface area (Å²) in [6, 6.07) is 17.6. The first-order valence-electron chi connectivity index (χ1n) is 11.4. The second kappa shape index (κ2) is 8.35. The molecular weight excluding hydrogens is 388 g/mol. The summed E-state index contributed by atoms with van der Waals surface area (Å²) in [7, 11) is 0. The van der Waals surface area contributed by atoms with E-state index in [0.717, 1.165) is 0 Å². The van der Waals surface area contributed by atoms with Gasteiger partial charge in [-0.1, -0.05) is 65.8 Å². The number of hydrogen-bond donors (Lipinski definition) is 0. The zero-order valence-electron chi connectivity index (χ0n) is 20.1. The average Bonchev–Trinajstić information content (AvgIpc) is 2.78. The maximum atomic E-state index is 2.27. The summed E-state index contributed by atoms with van der Waals surface area (Å²) >= 11 is 0. The van der Waals surface area contributed by atoms with Crippen LogP contribution in [-0.4, -0.2) is 0 Å². The normalized spacial score (nSPS) is 16.3. The number of nitrogens with zero attached hydrogens (tertiary/aromatic N) is 2. The first-order chi connectivity index (χ1) is 15.1. The van der Waals surface area contributed by atoms with E-state index in [9.17, 15) is 0 Å². The van der Waals surface area contributed by atoms with Crippen molar-refractivity contribution in [3.05, 3.63) is 120 Å². The van der Waals surface area contributed by atoms with Gasteiger partial charge < -0.3 is 9.80 Å². The lowest BCUT2D eigenvalue weighted by molar-refractivity contribution is 0.590. The molecule has 0 N–H and O–H groups in total. The second-order valence-electron chi connectivity index (χ2n) is 10.6. The van der Waals surface area contributed by atoms with Crippen LogP contribution in [0.4, 0.5) is 11.4 Å². The van der Waals surface area contributed by atoms with Gasteiger partial charge in [-0.3, -0.25) is 0 Å². The molecule has 0 bridgehead atoms. The second-order valence-corrected chi connectivity index (χ2v) is 10.6. The molecule has 0 aliphatic carbocycles. The number of benzene rings is 2. The van der Waals surface area contributed by atoms with E-state index in [2.05, 4.69) is 149 Å². The lowest BCUT2D eigenvalue weighted by Gasteiger charge is -2.25. The van der Waals surface area contributed by atoms with Crippen LogP contribution in [0.2, 0.25) is 0 Å². The third-order valence-electron chi connectivity index (χ3n) is 6.01. The topological polar surface area (TPSA) is 6.48 Å². The van der Waals surface area contributed by atoms with Crippen molar-refractivity contribution in [3.8, 4) is 0 Å². The molecule has 2 aliphatic rings. The number of hydrogen-bond acceptors (Lipinski definition) is 2. The van der Waals surface area contributed by atoms with Gasteiger partial charge >= 0.3 is 0 Å². The molecule has 0 saturated heterocycles. The van der Waals surface area contributed by atoms with Gasteiger partial charge in [0.15, 0.2) is 0 Å². The molecule has 32 heavy (non-hydrogen) atoms. The molecular formula is C30H34N2. The van der Waals surface area contributed by atoms with Gasteiger partial charge in [0.05, 0.1) is 0 Å². The zero-order chi connectivity index (χ0) is 22.9. The largest absolute Gasteiger partial charge is 0.324 e. The van der Waals surface area contributed by atoms with Crippen molar-refractivity contribution in [2.75, 3.05) is 9.80 Å². The highest BCUT2D eigenvalue weighted by atomic mass is 15.1. The molecule has 0 aromatic heterocycles. The Balaban J connectivity index is 1.50. The van der Waals surface area contributed by atoms with Crippen LogP contribution in [0.1, 0.15) is 52.7 Å². The van der Waals surface area contributed by atoms with E-state index in [0.29, 0.717) is 0 Å². The maximum Gasteiger partial charge on any atom is 0.0452 e. The van der Waals surface area contributed by atoms with Crippen LogP contribution in [0.5, 0.6) is 0 Å². The molecule has 2 heterocycles. The molecule has 0 radical (unpaired) electrons.